The maximum absolute atomic E-state index is 13.8. The Kier molecular flexibility index (Phi) is 7.63. The van der Waals surface area contributed by atoms with Crippen LogP contribution in [0.15, 0.2) is 54.6 Å². The van der Waals surface area contributed by atoms with Gasteiger partial charge in [-0.25, -0.2) is 0 Å². The lowest BCUT2D eigenvalue weighted by molar-refractivity contribution is -0.0783. The highest BCUT2D eigenvalue weighted by molar-refractivity contribution is 5.94. The molecule has 1 amide bonds. The number of carbonyl (C=O) groups excluding carboxylic acids is 1. The number of amides is 1. The van der Waals surface area contributed by atoms with Crippen LogP contribution in [0, 0.1) is 11.8 Å². The van der Waals surface area contributed by atoms with Gasteiger partial charge in [-0.3, -0.25) is 4.79 Å². The largest absolute Gasteiger partial charge is 0.497 e. The summed E-state index contributed by atoms with van der Waals surface area (Å²) in [5.74, 6) is 1.77. The topological polar surface area (TPSA) is 42.0 Å². The third-order valence-electron chi connectivity index (χ3n) is 7.94. The molecule has 1 heterocycles. The monoisotopic (exact) mass is 464 g/mol. The van der Waals surface area contributed by atoms with Gasteiger partial charge in [0.05, 0.1) is 13.2 Å². The zero-order valence-electron chi connectivity index (χ0n) is 21.4. The molecule has 1 aliphatic heterocycles. The number of rotatable bonds is 7. The van der Waals surface area contributed by atoms with Crippen molar-refractivity contribution in [3.63, 3.8) is 0 Å². The second-order valence-corrected chi connectivity index (χ2v) is 10.6. The van der Waals surface area contributed by atoms with Crippen molar-refractivity contribution in [1.82, 2.24) is 9.80 Å². The van der Waals surface area contributed by atoms with Gasteiger partial charge in [-0.2, -0.15) is 0 Å². The van der Waals surface area contributed by atoms with E-state index in [9.17, 15) is 4.79 Å². The Morgan fingerprint density at radius 3 is 2.59 bits per heavy atom. The average Bonchev–Trinajstić information content (AvgIpc) is 2.86. The fourth-order valence-corrected chi connectivity index (χ4v) is 6.29. The Hall–Kier alpha value is -2.37. The normalized spacial score (nSPS) is 27.3. The van der Waals surface area contributed by atoms with E-state index in [4.69, 9.17) is 9.47 Å². The Balaban J connectivity index is 1.77. The number of methoxy groups -OCH3 is 2. The highest BCUT2D eigenvalue weighted by Gasteiger charge is 2.53. The molecule has 4 rings (SSSR count). The third-order valence-corrected chi connectivity index (χ3v) is 7.94. The Bertz CT molecular complexity index is 963. The van der Waals surface area contributed by atoms with Crippen LogP contribution in [-0.4, -0.2) is 68.8 Å². The second kappa shape index (κ2) is 10.5. The summed E-state index contributed by atoms with van der Waals surface area (Å²) in [5.41, 5.74) is 2.02. The second-order valence-electron chi connectivity index (χ2n) is 10.6. The number of fused-ring (bicyclic) bond motifs is 1. The molecule has 184 valence electrons. The molecule has 2 aromatic rings. The first kappa shape index (κ1) is 24.7. The number of benzene rings is 2. The van der Waals surface area contributed by atoms with E-state index in [-0.39, 0.29) is 23.5 Å². The summed E-state index contributed by atoms with van der Waals surface area (Å²) in [6.45, 7) is 7.16. The quantitative estimate of drug-likeness (QED) is 0.587. The van der Waals surface area contributed by atoms with E-state index >= 15 is 0 Å². The zero-order chi connectivity index (χ0) is 24.3. The van der Waals surface area contributed by atoms with Gasteiger partial charge in [0.15, 0.2) is 0 Å². The first-order chi connectivity index (χ1) is 16.4. The summed E-state index contributed by atoms with van der Waals surface area (Å²) in [6, 6.07) is 18.4. The summed E-state index contributed by atoms with van der Waals surface area (Å²) in [4.78, 5) is 18.4. The van der Waals surface area contributed by atoms with Gasteiger partial charge < -0.3 is 19.3 Å². The van der Waals surface area contributed by atoms with Crippen molar-refractivity contribution in [2.24, 2.45) is 11.8 Å². The minimum atomic E-state index is -0.0587. The number of likely N-dealkylation sites (tertiary alicyclic amines) is 1. The van der Waals surface area contributed by atoms with Crippen molar-refractivity contribution >= 4 is 5.91 Å². The molecule has 1 saturated carbocycles. The Labute approximate surface area is 205 Å². The van der Waals surface area contributed by atoms with E-state index in [0.29, 0.717) is 11.8 Å². The molecule has 0 aromatic heterocycles. The van der Waals surface area contributed by atoms with Gasteiger partial charge in [-0.1, -0.05) is 44.2 Å². The van der Waals surface area contributed by atoms with Crippen LogP contribution in [-0.2, 0) is 10.2 Å². The number of piperidine rings is 1. The minimum Gasteiger partial charge on any atom is -0.497 e. The molecule has 1 saturated heterocycles. The molecule has 2 aromatic carbocycles. The number of hydrogen-bond donors (Lipinski definition) is 0. The molecule has 2 fully saturated rings. The molecule has 0 bridgehead atoms. The molecule has 5 nitrogen and oxygen atoms in total. The number of hydrogen-bond acceptors (Lipinski definition) is 4. The lowest BCUT2D eigenvalue weighted by Gasteiger charge is -2.56. The number of ether oxygens (including phenoxy) is 2. The molecular weight excluding hydrogens is 424 g/mol. The molecule has 34 heavy (non-hydrogen) atoms. The smallest absolute Gasteiger partial charge is 0.254 e. The molecule has 4 atom stereocenters. The molecular formula is C29H40N2O3. The number of nitrogens with zero attached hydrogens (tertiary/aromatic N) is 2. The van der Waals surface area contributed by atoms with E-state index in [1.165, 1.54) is 5.56 Å². The van der Waals surface area contributed by atoms with Crippen LogP contribution < -0.4 is 4.74 Å². The van der Waals surface area contributed by atoms with Crippen molar-refractivity contribution in [3.05, 3.63) is 65.7 Å². The fraction of sp³-hybridized carbons (Fsp3) is 0.552. The molecule has 5 heteroatoms. The minimum absolute atomic E-state index is 0.0587. The average molecular weight is 465 g/mol. The van der Waals surface area contributed by atoms with Crippen LogP contribution in [0.5, 0.6) is 5.75 Å². The maximum Gasteiger partial charge on any atom is 0.254 e. The van der Waals surface area contributed by atoms with Crippen LogP contribution in [0.4, 0.5) is 0 Å². The summed E-state index contributed by atoms with van der Waals surface area (Å²) in [6.07, 6.45) is 2.95. The van der Waals surface area contributed by atoms with Crippen molar-refractivity contribution in [1.29, 1.82) is 0 Å². The predicted octanol–water partition coefficient (Wildman–Crippen LogP) is 4.86. The zero-order valence-corrected chi connectivity index (χ0v) is 21.4. The van der Waals surface area contributed by atoms with Crippen LogP contribution in [0.1, 0.15) is 49.0 Å². The van der Waals surface area contributed by atoms with Crippen LogP contribution in [0.25, 0.3) is 0 Å². The van der Waals surface area contributed by atoms with E-state index in [2.05, 4.69) is 48.9 Å². The van der Waals surface area contributed by atoms with E-state index in [1.807, 2.05) is 43.5 Å². The van der Waals surface area contributed by atoms with E-state index in [1.54, 1.807) is 7.11 Å². The van der Waals surface area contributed by atoms with Crippen molar-refractivity contribution in [3.8, 4) is 5.75 Å². The molecule has 0 radical (unpaired) electrons. The van der Waals surface area contributed by atoms with Crippen molar-refractivity contribution in [2.75, 3.05) is 40.9 Å². The summed E-state index contributed by atoms with van der Waals surface area (Å²) in [7, 11) is 5.77. The Morgan fingerprint density at radius 1 is 1.15 bits per heavy atom. The lowest BCUT2D eigenvalue weighted by Crippen LogP contribution is -2.61. The first-order valence-electron chi connectivity index (χ1n) is 12.6. The van der Waals surface area contributed by atoms with E-state index in [0.717, 1.165) is 50.2 Å². The number of carbonyl (C=O) groups is 1. The SMILES string of the molecule is COc1cccc([C@@]23CCN(C)C[C@H]2C(OC)C[C@@H](N(CC(C)C)C(=O)c2ccccc2)C3)c1. The first-order valence-corrected chi connectivity index (χ1v) is 12.6. The van der Waals surface area contributed by atoms with Gasteiger partial charge >= 0.3 is 0 Å². The molecule has 0 N–H and O–H groups in total. The van der Waals surface area contributed by atoms with Gasteiger partial charge in [-0.15, -0.1) is 0 Å². The maximum atomic E-state index is 13.8. The predicted molar refractivity (Wildman–Crippen MR) is 136 cm³/mol. The summed E-state index contributed by atoms with van der Waals surface area (Å²) in [5, 5.41) is 0. The van der Waals surface area contributed by atoms with Crippen LogP contribution >= 0.6 is 0 Å². The van der Waals surface area contributed by atoms with Gasteiger partial charge in [-0.05, 0) is 68.6 Å². The highest BCUT2D eigenvalue weighted by Crippen LogP contribution is 2.51. The summed E-state index contributed by atoms with van der Waals surface area (Å²) >= 11 is 0. The van der Waals surface area contributed by atoms with Crippen molar-refractivity contribution in [2.45, 2.75) is 50.7 Å². The highest BCUT2D eigenvalue weighted by atomic mass is 16.5. The van der Waals surface area contributed by atoms with E-state index < -0.39 is 0 Å². The fourth-order valence-electron chi connectivity index (χ4n) is 6.29. The molecule has 1 unspecified atom stereocenters. The summed E-state index contributed by atoms with van der Waals surface area (Å²) < 4.78 is 11.8. The van der Waals surface area contributed by atoms with Gasteiger partial charge in [0.1, 0.15) is 5.75 Å². The lowest BCUT2D eigenvalue weighted by atomic mass is 9.56. The standard InChI is InChI=1S/C29H40N2O3/c1-21(2)19-31(28(32)22-10-7-6-8-11-22)24-17-27(34-5)26-20-30(3)15-14-29(26,18-24)23-12-9-13-25(16-23)33-4/h6-13,16,21,24,26-27H,14-15,17-20H2,1-5H3/t24-,26+,27?,29+/m1/s1. The van der Waals surface area contributed by atoms with Crippen LogP contribution in [0.3, 0.4) is 0 Å². The van der Waals surface area contributed by atoms with Gasteiger partial charge in [0.2, 0.25) is 0 Å². The molecule has 0 spiro atoms. The Morgan fingerprint density at radius 2 is 1.91 bits per heavy atom. The van der Waals surface area contributed by atoms with Gasteiger partial charge in [0.25, 0.3) is 5.91 Å². The third kappa shape index (κ3) is 4.87. The van der Waals surface area contributed by atoms with Crippen molar-refractivity contribution < 1.29 is 14.3 Å². The molecule has 1 aliphatic carbocycles. The van der Waals surface area contributed by atoms with Crippen LogP contribution in [0.2, 0.25) is 0 Å². The van der Waals surface area contributed by atoms with Gasteiger partial charge in [0, 0.05) is 43.1 Å². The molecule has 2 aliphatic rings.